The van der Waals surface area contributed by atoms with Gasteiger partial charge in [0.2, 0.25) is 0 Å². The second-order valence-electron chi connectivity index (χ2n) is 5.40. The van der Waals surface area contributed by atoms with Crippen molar-refractivity contribution >= 4 is 34.4 Å². The van der Waals surface area contributed by atoms with Crippen LogP contribution in [0.5, 0.6) is 0 Å². The number of aromatic nitrogens is 1. The van der Waals surface area contributed by atoms with Crippen molar-refractivity contribution in [3.63, 3.8) is 0 Å². The van der Waals surface area contributed by atoms with E-state index in [-0.39, 0.29) is 11.6 Å². The smallest absolute Gasteiger partial charge is 0.256 e. The Morgan fingerprint density at radius 3 is 2.30 bits per heavy atom. The number of hydrogen-bond acceptors (Lipinski definition) is 5. The van der Waals surface area contributed by atoms with Gasteiger partial charge >= 0.3 is 0 Å². The number of benzene rings is 2. The summed E-state index contributed by atoms with van der Waals surface area (Å²) in [5.74, 6) is 0.634. The zero-order chi connectivity index (χ0) is 16.0. The molecule has 0 saturated heterocycles. The summed E-state index contributed by atoms with van der Waals surface area (Å²) < 4.78 is 5.70. The number of fused-ring (bicyclic) bond motifs is 3. The lowest BCUT2D eigenvalue weighted by Crippen LogP contribution is -2.20. The molecule has 1 aliphatic carbocycles. The van der Waals surface area contributed by atoms with E-state index in [2.05, 4.69) is 11.9 Å². The number of oxazole rings is 1. The molecule has 0 spiro atoms. The van der Waals surface area contributed by atoms with Crippen molar-refractivity contribution in [2.45, 2.75) is 18.6 Å². The molecule has 4 rings (SSSR count). The maximum atomic E-state index is 12.7. The number of thioether (sulfide) groups is 1. The molecule has 2 aromatic carbocycles. The molecule has 0 atom stereocenters. The molecule has 4 nitrogen and oxygen atoms in total. The molecule has 23 heavy (non-hydrogen) atoms. The van der Waals surface area contributed by atoms with Crippen LogP contribution < -0.4 is 0 Å². The molecule has 0 unspecified atom stereocenters. The number of hydrogen-bond donors (Lipinski definition) is 0. The van der Waals surface area contributed by atoms with Gasteiger partial charge in [0.05, 0.1) is 0 Å². The topological polar surface area (TPSA) is 60.2 Å². The molecule has 0 saturated carbocycles. The summed E-state index contributed by atoms with van der Waals surface area (Å²) in [5, 5.41) is 0.571. The fraction of sp³-hybridized carbons (Fsp3) is 0.167. The lowest BCUT2D eigenvalue weighted by molar-refractivity contribution is 0.0979. The molecule has 0 bridgehead atoms. The minimum atomic E-state index is -0.142. The molecule has 114 valence electrons. The van der Waals surface area contributed by atoms with Crippen molar-refractivity contribution < 1.29 is 14.0 Å². The van der Waals surface area contributed by atoms with Crippen LogP contribution in [0.2, 0.25) is 0 Å². The lowest BCUT2D eigenvalue weighted by Gasteiger charge is -2.16. The zero-order valence-corrected chi connectivity index (χ0v) is 13.3. The molecular formula is C18H13NO3S. The first kappa shape index (κ1) is 14.2. The van der Waals surface area contributed by atoms with Crippen molar-refractivity contribution in [1.29, 1.82) is 0 Å². The van der Waals surface area contributed by atoms with Gasteiger partial charge < -0.3 is 4.42 Å². The summed E-state index contributed by atoms with van der Waals surface area (Å²) in [7, 11) is 0. The second-order valence-corrected chi connectivity index (χ2v) is 6.44. The molecule has 1 heterocycles. The molecule has 1 aromatic heterocycles. The SMILES string of the molecule is CCCSc1nc2cc3c(cc2o1)C(=O)c1ccccc1C3=O. The van der Waals surface area contributed by atoms with E-state index in [4.69, 9.17) is 4.42 Å². The summed E-state index contributed by atoms with van der Waals surface area (Å²) in [6.45, 7) is 2.09. The third-order valence-corrected chi connectivity index (χ3v) is 4.88. The molecule has 0 N–H and O–H groups in total. The molecule has 3 aromatic rings. The van der Waals surface area contributed by atoms with Gasteiger partial charge in [-0.25, -0.2) is 4.98 Å². The molecule has 0 amide bonds. The van der Waals surface area contributed by atoms with Crippen LogP contribution in [0.4, 0.5) is 0 Å². The molecular weight excluding hydrogens is 310 g/mol. The summed E-state index contributed by atoms with van der Waals surface area (Å²) in [4.78, 5) is 29.7. The fourth-order valence-electron chi connectivity index (χ4n) is 2.75. The molecule has 5 heteroatoms. The Kier molecular flexibility index (Phi) is 3.31. The van der Waals surface area contributed by atoms with Gasteiger partial charge in [-0.1, -0.05) is 43.0 Å². The first-order valence-corrected chi connectivity index (χ1v) is 8.43. The van der Waals surface area contributed by atoms with Crippen LogP contribution in [0.3, 0.4) is 0 Å². The van der Waals surface area contributed by atoms with E-state index >= 15 is 0 Å². The van der Waals surface area contributed by atoms with Crippen LogP contribution in [0.25, 0.3) is 11.1 Å². The number of carbonyl (C=O) groups is 2. The van der Waals surface area contributed by atoms with Gasteiger partial charge in [0.1, 0.15) is 5.52 Å². The van der Waals surface area contributed by atoms with Gasteiger partial charge in [0.25, 0.3) is 5.22 Å². The van der Waals surface area contributed by atoms with Crippen molar-refractivity contribution in [3.05, 3.63) is 58.7 Å². The largest absolute Gasteiger partial charge is 0.431 e. The van der Waals surface area contributed by atoms with Crippen LogP contribution >= 0.6 is 11.8 Å². The molecule has 0 aliphatic heterocycles. The van der Waals surface area contributed by atoms with Crippen LogP contribution in [0.15, 0.2) is 46.0 Å². The summed E-state index contributed by atoms with van der Waals surface area (Å²) in [6.07, 6.45) is 1.02. The zero-order valence-electron chi connectivity index (χ0n) is 12.5. The van der Waals surface area contributed by atoms with Crippen LogP contribution in [-0.2, 0) is 0 Å². The molecule has 0 fully saturated rings. The number of carbonyl (C=O) groups excluding carboxylic acids is 2. The maximum absolute atomic E-state index is 12.7. The standard InChI is InChI=1S/C18H13NO3S/c1-2-7-23-18-19-14-8-12-13(9-15(14)22-18)17(21)11-6-4-3-5-10(11)16(12)20/h3-6,8-9H,2,7H2,1H3. The van der Waals surface area contributed by atoms with E-state index < -0.39 is 0 Å². The predicted molar refractivity (Wildman–Crippen MR) is 88.3 cm³/mol. The minimum absolute atomic E-state index is 0.136. The van der Waals surface area contributed by atoms with Gasteiger partial charge in [-0.05, 0) is 18.6 Å². The first-order valence-electron chi connectivity index (χ1n) is 7.45. The Labute approximate surface area is 136 Å². The van der Waals surface area contributed by atoms with Gasteiger partial charge in [-0.15, -0.1) is 0 Å². The predicted octanol–water partition coefficient (Wildman–Crippen LogP) is 4.11. The average Bonchev–Trinajstić information content (AvgIpc) is 2.98. The first-order chi connectivity index (χ1) is 11.2. The van der Waals surface area contributed by atoms with Crippen molar-refractivity contribution in [2.24, 2.45) is 0 Å². The highest BCUT2D eigenvalue weighted by atomic mass is 32.2. The van der Waals surface area contributed by atoms with E-state index in [1.54, 1.807) is 36.4 Å². The molecule has 0 radical (unpaired) electrons. The Balaban J connectivity index is 1.88. The maximum Gasteiger partial charge on any atom is 0.256 e. The van der Waals surface area contributed by atoms with Crippen LogP contribution in [0.1, 0.15) is 45.2 Å². The van der Waals surface area contributed by atoms with Crippen LogP contribution in [0, 0.1) is 0 Å². The highest BCUT2D eigenvalue weighted by Crippen LogP contribution is 2.32. The third-order valence-electron chi connectivity index (χ3n) is 3.84. The normalized spacial score (nSPS) is 13.3. The van der Waals surface area contributed by atoms with Gasteiger partial charge in [-0.3, -0.25) is 9.59 Å². The Morgan fingerprint density at radius 2 is 1.65 bits per heavy atom. The summed E-state index contributed by atoms with van der Waals surface area (Å²) in [6, 6.07) is 10.2. The van der Waals surface area contributed by atoms with Gasteiger partial charge in [0.15, 0.2) is 17.1 Å². The Bertz CT molecular complexity index is 886. The van der Waals surface area contributed by atoms with E-state index in [9.17, 15) is 9.59 Å². The van der Waals surface area contributed by atoms with E-state index in [0.717, 1.165) is 12.2 Å². The monoisotopic (exact) mass is 323 g/mol. The van der Waals surface area contributed by atoms with Gasteiger partial charge in [-0.2, -0.15) is 0 Å². The Morgan fingerprint density at radius 1 is 1.00 bits per heavy atom. The van der Waals surface area contributed by atoms with Gasteiger partial charge in [0, 0.05) is 28.0 Å². The quantitative estimate of drug-likeness (QED) is 0.531. The molecule has 1 aliphatic rings. The summed E-state index contributed by atoms with van der Waals surface area (Å²) >= 11 is 1.53. The van der Waals surface area contributed by atoms with E-state index in [1.165, 1.54) is 11.8 Å². The highest BCUT2D eigenvalue weighted by Gasteiger charge is 2.30. The number of nitrogens with zero attached hydrogens (tertiary/aromatic N) is 1. The lowest BCUT2D eigenvalue weighted by atomic mass is 9.84. The van der Waals surface area contributed by atoms with Crippen molar-refractivity contribution in [2.75, 3.05) is 5.75 Å². The van der Waals surface area contributed by atoms with E-state index in [1.807, 2.05) is 0 Å². The highest BCUT2D eigenvalue weighted by molar-refractivity contribution is 7.99. The second kappa shape index (κ2) is 5.35. The average molecular weight is 323 g/mol. The fourth-order valence-corrected chi connectivity index (χ4v) is 3.44. The third kappa shape index (κ3) is 2.19. The van der Waals surface area contributed by atoms with E-state index in [0.29, 0.717) is 38.6 Å². The number of ketones is 2. The summed E-state index contributed by atoms with van der Waals surface area (Å²) in [5.41, 5.74) is 2.86. The minimum Gasteiger partial charge on any atom is -0.431 e. The van der Waals surface area contributed by atoms with Crippen LogP contribution in [-0.4, -0.2) is 22.3 Å². The van der Waals surface area contributed by atoms with Crippen molar-refractivity contribution in [1.82, 2.24) is 4.98 Å². The Hall–Kier alpha value is -2.40. The number of rotatable bonds is 3. The van der Waals surface area contributed by atoms with Crippen molar-refractivity contribution in [3.8, 4) is 0 Å².